The minimum absolute atomic E-state index is 0.0847. The number of hydrogen-bond donors (Lipinski definition) is 1. The van der Waals surface area contributed by atoms with Gasteiger partial charge in [0.05, 0.1) is 0 Å². The third-order valence-corrected chi connectivity index (χ3v) is 6.42. The van der Waals surface area contributed by atoms with Crippen LogP contribution in [0.4, 0.5) is 4.39 Å². The van der Waals surface area contributed by atoms with Crippen LogP contribution in [0.2, 0.25) is 0 Å². The second kappa shape index (κ2) is 10.9. The van der Waals surface area contributed by atoms with Gasteiger partial charge in [-0.15, -0.1) is 0 Å². The molecule has 3 aromatic carbocycles. The molecule has 0 radical (unpaired) electrons. The van der Waals surface area contributed by atoms with Crippen molar-refractivity contribution < 1.29 is 9.13 Å². The molecular weight excluding hydrogens is 401 g/mol. The van der Waals surface area contributed by atoms with Crippen LogP contribution in [0.5, 0.6) is 5.75 Å². The van der Waals surface area contributed by atoms with Gasteiger partial charge in [-0.2, -0.15) is 0 Å². The highest BCUT2D eigenvalue weighted by atomic mass is 19.1. The summed E-state index contributed by atoms with van der Waals surface area (Å²) in [6, 6.07) is 19.1. The molecule has 32 heavy (non-hydrogen) atoms. The van der Waals surface area contributed by atoms with Crippen LogP contribution in [0.1, 0.15) is 24.0 Å². The minimum atomic E-state index is -0.234. The summed E-state index contributed by atoms with van der Waals surface area (Å²) in [6.07, 6.45) is 2.89. The second-order valence-corrected chi connectivity index (χ2v) is 8.93. The topological polar surface area (TPSA) is 41.7 Å². The standard InChI is InChI=1S/C27H34FN3O/c1-30-15-17-31(18-16-30)14-4-6-24(29)19-26-25-7-3-2-5-22(25)10-13-27(26)32-20-21-8-11-23(28)12-9-21/h2-3,5,7-13,24H,4,6,14-20,29H2,1H3. The molecule has 0 bridgehead atoms. The number of fused-ring (bicyclic) bond motifs is 1. The number of nitrogens with zero attached hydrogens (tertiary/aromatic N) is 2. The molecular formula is C27H34FN3O. The molecule has 1 heterocycles. The van der Waals surface area contributed by atoms with Crippen LogP contribution in [-0.4, -0.2) is 55.6 Å². The molecule has 0 saturated carbocycles. The van der Waals surface area contributed by atoms with Crippen LogP contribution < -0.4 is 10.5 Å². The van der Waals surface area contributed by atoms with E-state index in [0.717, 1.165) is 68.9 Å². The normalized spacial score (nSPS) is 16.3. The molecule has 4 rings (SSSR count). The molecule has 1 saturated heterocycles. The maximum atomic E-state index is 13.2. The Bertz CT molecular complexity index is 999. The Morgan fingerprint density at radius 3 is 2.50 bits per heavy atom. The van der Waals surface area contributed by atoms with Crippen LogP contribution in [0, 0.1) is 5.82 Å². The van der Waals surface area contributed by atoms with E-state index in [9.17, 15) is 4.39 Å². The number of ether oxygens (including phenoxy) is 1. The van der Waals surface area contributed by atoms with Crippen molar-refractivity contribution in [2.24, 2.45) is 5.73 Å². The van der Waals surface area contributed by atoms with E-state index in [1.165, 1.54) is 22.9 Å². The van der Waals surface area contributed by atoms with E-state index in [1.54, 1.807) is 12.1 Å². The lowest BCUT2D eigenvalue weighted by Gasteiger charge is -2.32. The Hall–Kier alpha value is -2.47. The van der Waals surface area contributed by atoms with Gasteiger partial charge in [0.2, 0.25) is 0 Å². The van der Waals surface area contributed by atoms with Gasteiger partial charge in [0.15, 0.2) is 0 Å². The minimum Gasteiger partial charge on any atom is -0.489 e. The summed E-state index contributed by atoms with van der Waals surface area (Å²) in [7, 11) is 2.19. The molecule has 1 unspecified atom stereocenters. The van der Waals surface area contributed by atoms with Crippen molar-refractivity contribution >= 4 is 10.8 Å². The molecule has 0 aliphatic carbocycles. The quantitative estimate of drug-likeness (QED) is 0.539. The van der Waals surface area contributed by atoms with E-state index in [4.69, 9.17) is 10.5 Å². The molecule has 0 spiro atoms. The van der Waals surface area contributed by atoms with Crippen LogP contribution in [-0.2, 0) is 13.0 Å². The van der Waals surface area contributed by atoms with Gasteiger partial charge in [0.25, 0.3) is 0 Å². The molecule has 4 nitrogen and oxygen atoms in total. The zero-order valence-corrected chi connectivity index (χ0v) is 19.0. The highest BCUT2D eigenvalue weighted by Gasteiger charge is 2.16. The average molecular weight is 436 g/mol. The first kappa shape index (κ1) is 22.7. The highest BCUT2D eigenvalue weighted by molar-refractivity contribution is 5.87. The summed E-state index contributed by atoms with van der Waals surface area (Å²) in [4.78, 5) is 4.93. The van der Waals surface area contributed by atoms with Crippen molar-refractivity contribution in [3.8, 4) is 5.75 Å². The first-order chi connectivity index (χ1) is 15.6. The summed E-state index contributed by atoms with van der Waals surface area (Å²) >= 11 is 0. The van der Waals surface area contributed by atoms with Crippen molar-refractivity contribution in [3.05, 3.63) is 77.6 Å². The summed E-state index contributed by atoms with van der Waals surface area (Å²) in [5, 5.41) is 2.39. The maximum Gasteiger partial charge on any atom is 0.123 e. The largest absolute Gasteiger partial charge is 0.489 e. The molecule has 170 valence electrons. The fourth-order valence-corrected chi connectivity index (χ4v) is 4.42. The van der Waals surface area contributed by atoms with Crippen LogP contribution >= 0.6 is 0 Å². The van der Waals surface area contributed by atoms with Gasteiger partial charge in [0, 0.05) is 37.8 Å². The molecule has 3 aromatic rings. The third kappa shape index (κ3) is 6.06. The van der Waals surface area contributed by atoms with E-state index >= 15 is 0 Å². The Balaban J connectivity index is 1.41. The van der Waals surface area contributed by atoms with E-state index in [-0.39, 0.29) is 11.9 Å². The first-order valence-corrected chi connectivity index (χ1v) is 11.6. The van der Waals surface area contributed by atoms with Crippen LogP contribution in [0.3, 0.4) is 0 Å². The fourth-order valence-electron chi connectivity index (χ4n) is 4.42. The van der Waals surface area contributed by atoms with Crippen molar-refractivity contribution in [1.82, 2.24) is 9.80 Å². The Morgan fingerprint density at radius 2 is 1.72 bits per heavy atom. The van der Waals surface area contributed by atoms with Gasteiger partial charge < -0.3 is 20.3 Å². The zero-order valence-electron chi connectivity index (χ0n) is 19.0. The van der Waals surface area contributed by atoms with Crippen molar-refractivity contribution in [2.75, 3.05) is 39.8 Å². The number of benzene rings is 3. The number of piperazine rings is 1. The fraction of sp³-hybridized carbons (Fsp3) is 0.407. The molecule has 0 amide bonds. The average Bonchev–Trinajstić information content (AvgIpc) is 2.81. The maximum absolute atomic E-state index is 13.2. The van der Waals surface area contributed by atoms with E-state index in [0.29, 0.717) is 6.61 Å². The number of nitrogens with two attached hydrogens (primary N) is 1. The molecule has 5 heteroatoms. The lowest BCUT2D eigenvalue weighted by Crippen LogP contribution is -2.44. The summed E-state index contributed by atoms with van der Waals surface area (Å²) in [6.45, 7) is 6.12. The number of rotatable bonds is 9. The van der Waals surface area contributed by atoms with Crippen LogP contribution in [0.25, 0.3) is 10.8 Å². The van der Waals surface area contributed by atoms with E-state index < -0.39 is 0 Å². The van der Waals surface area contributed by atoms with Gasteiger partial charge in [0.1, 0.15) is 18.2 Å². The Labute approximate surface area is 190 Å². The lowest BCUT2D eigenvalue weighted by atomic mass is 9.96. The second-order valence-electron chi connectivity index (χ2n) is 8.93. The zero-order chi connectivity index (χ0) is 22.3. The monoisotopic (exact) mass is 435 g/mol. The number of likely N-dealkylation sites (N-methyl/N-ethyl adjacent to an activating group) is 1. The molecule has 1 fully saturated rings. The van der Waals surface area contributed by atoms with Gasteiger partial charge in [-0.25, -0.2) is 4.39 Å². The van der Waals surface area contributed by atoms with E-state index in [2.05, 4.69) is 47.2 Å². The first-order valence-electron chi connectivity index (χ1n) is 11.6. The Morgan fingerprint density at radius 1 is 0.969 bits per heavy atom. The van der Waals surface area contributed by atoms with E-state index in [1.807, 2.05) is 6.07 Å². The molecule has 1 aliphatic rings. The van der Waals surface area contributed by atoms with Crippen molar-refractivity contribution in [2.45, 2.75) is 31.9 Å². The molecule has 1 aliphatic heterocycles. The summed E-state index contributed by atoms with van der Waals surface area (Å²) in [5.41, 5.74) is 8.71. The molecule has 2 N–H and O–H groups in total. The summed E-state index contributed by atoms with van der Waals surface area (Å²) in [5.74, 6) is 0.630. The third-order valence-electron chi connectivity index (χ3n) is 6.42. The van der Waals surface area contributed by atoms with Gasteiger partial charge in [-0.3, -0.25) is 0 Å². The highest BCUT2D eigenvalue weighted by Crippen LogP contribution is 2.30. The Kier molecular flexibility index (Phi) is 7.74. The van der Waals surface area contributed by atoms with Gasteiger partial charge in [-0.05, 0) is 67.4 Å². The van der Waals surface area contributed by atoms with Crippen molar-refractivity contribution in [3.63, 3.8) is 0 Å². The smallest absolute Gasteiger partial charge is 0.123 e. The van der Waals surface area contributed by atoms with Crippen molar-refractivity contribution in [1.29, 1.82) is 0 Å². The lowest BCUT2D eigenvalue weighted by molar-refractivity contribution is 0.151. The van der Waals surface area contributed by atoms with Crippen LogP contribution in [0.15, 0.2) is 60.7 Å². The predicted octanol–water partition coefficient (Wildman–Crippen LogP) is 4.46. The van der Waals surface area contributed by atoms with Gasteiger partial charge >= 0.3 is 0 Å². The van der Waals surface area contributed by atoms with Gasteiger partial charge in [-0.1, -0.05) is 42.5 Å². The predicted molar refractivity (Wildman–Crippen MR) is 130 cm³/mol. The number of halogens is 1. The molecule has 1 atom stereocenters. The molecule has 0 aromatic heterocycles. The SMILES string of the molecule is CN1CCN(CCCC(N)Cc2c(OCc3ccc(F)cc3)ccc3ccccc23)CC1. The number of hydrogen-bond acceptors (Lipinski definition) is 4. The summed E-state index contributed by atoms with van der Waals surface area (Å²) < 4.78 is 19.4.